The molecule has 0 aromatic heterocycles. The second-order valence-corrected chi connectivity index (χ2v) is 7.63. The smallest absolute Gasteiger partial charge is 0.260 e. The van der Waals surface area contributed by atoms with E-state index in [0.29, 0.717) is 0 Å². The predicted molar refractivity (Wildman–Crippen MR) is 109 cm³/mol. The van der Waals surface area contributed by atoms with Crippen molar-refractivity contribution in [2.24, 2.45) is 0 Å². The highest BCUT2D eigenvalue weighted by molar-refractivity contribution is 5.78. The lowest BCUT2D eigenvalue weighted by atomic mass is 9.92. The Bertz CT molecular complexity index is 810. The van der Waals surface area contributed by atoms with Gasteiger partial charge in [0.1, 0.15) is 5.75 Å². The van der Waals surface area contributed by atoms with Crippen LogP contribution >= 0.6 is 0 Å². The summed E-state index contributed by atoms with van der Waals surface area (Å²) >= 11 is 0. The van der Waals surface area contributed by atoms with Gasteiger partial charge in [0, 0.05) is 31.9 Å². The maximum absolute atomic E-state index is 12.5. The number of piperazine rings is 1. The molecule has 1 fully saturated rings. The van der Waals surface area contributed by atoms with E-state index < -0.39 is 0 Å². The van der Waals surface area contributed by atoms with Crippen molar-refractivity contribution in [2.45, 2.75) is 32.6 Å². The number of ether oxygens (including phenoxy) is 1. The number of aryl methyl sites for hydroxylation is 3. The first kappa shape index (κ1) is 17.9. The first-order chi connectivity index (χ1) is 13.2. The van der Waals surface area contributed by atoms with Crippen molar-refractivity contribution < 1.29 is 9.53 Å². The number of carbonyl (C=O) groups is 1. The maximum Gasteiger partial charge on any atom is 0.260 e. The van der Waals surface area contributed by atoms with E-state index in [2.05, 4.69) is 48.2 Å². The lowest BCUT2D eigenvalue weighted by Gasteiger charge is -2.36. The minimum absolute atomic E-state index is 0.0802. The lowest BCUT2D eigenvalue weighted by Crippen LogP contribution is -2.50. The van der Waals surface area contributed by atoms with Crippen LogP contribution in [0.1, 0.15) is 29.5 Å². The molecule has 2 aromatic carbocycles. The maximum atomic E-state index is 12.5. The topological polar surface area (TPSA) is 32.8 Å². The van der Waals surface area contributed by atoms with Crippen molar-refractivity contribution >= 4 is 11.6 Å². The molecule has 1 amide bonds. The number of fused-ring (bicyclic) bond motifs is 1. The second-order valence-electron chi connectivity index (χ2n) is 7.63. The second kappa shape index (κ2) is 8.03. The highest BCUT2D eigenvalue weighted by Gasteiger charge is 2.22. The number of carbonyl (C=O) groups excluding carboxylic acids is 1. The average Bonchev–Trinajstić information content (AvgIpc) is 2.72. The zero-order chi connectivity index (χ0) is 18.6. The minimum Gasteiger partial charge on any atom is -0.484 e. The molecule has 0 radical (unpaired) electrons. The molecule has 0 saturated carbocycles. The van der Waals surface area contributed by atoms with Gasteiger partial charge in [0.2, 0.25) is 0 Å². The van der Waals surface area contributed by atoms with Crippen LogP contribution in [-0.4, -0.2) is 43.6 Å². The SMILES string of the molecule is Cc1cccc(N2CCN(C(=O)COc3ccc4c(c3)CCCC4)CC2)c1. The van der Waals surface area contributed by atoms with Crippen LogP contribution in [0.3, 0.4) is 0 Å². The van der Waals surface area contributed by atoms with Crippen molar-refractivity contribution in [3.63, 3.8) is 0 Å². The Morgan fingerprint density at radius 3 is 2.52 bits per heavy atom. The summed E-state index contributed by atoms with van der Waals surface area (Å²) in [5.41, 5.74) is 5.34. The van der Waals surface area contributed by atoms with E-state index in [1.807, 2.05) is 11.0 Å². The largest absolute Gasteiger partial charge is 0.484 e. The molecule has 1 aliphatic carbocycles. The van der Waals surface area contributed by atoms with Gasteiger partial charge in [-0.05, 0) is 73.6 Å². The van der Waals surface area contributed by atoms with Crippen molar-refractivity contribution in [3.05, 3.63) is 59.2 Å². The molecule has 4 rings (SSSR count). The summed E-state index contributed by atoms with van der Waals surface area (Å²) in [6.07, 6.45) is 4.82. The van der Waals surface area contributed by atoms with Crippen LogP contribution < -0.4 is 9.64 Å². The number of rotatable bonds is 4. The normalized spacial score (nSPS) is 16.8. The van der Waals surface area contributed by atoms with Crippen LogP contribution in [-0.2, 0) is 17.6 Å². The van der Waals surface area contributed by atoms with Gasteiger partial charge >= 0.3 is 0 Å². The van der Waals surface area contributed by atoms with E-state index in [-0.39, 0.29) is 12.5 Å². The number of hydrogen-bond donors (Lipinski definition) is 0. The van der Waals surface area contributed by atoms with Crippen molar-refractivity contribution in [1.82, 2.24) is 4.90 Å². The van der Waals surface area contributed by atoms with Crippen LogP contribution in [0.5, 0.6) is 5.75 Å². The molecule has 1 saturated heterocycles. The van der Waals surface area contributed by atoms with Gasteiger partial charge in [0.05, 0.1) is 0 Å². The number of nitrogens with zero attached hydrogens (tertiary/aromatic N) is 2. The minimum atomic E-state index is 0.0802. The molecule has 4 nitrogen and oxygen atoms in total. The van der Waals surface area contributed by atoms with E-state index in [1.54, 1.807) is 0 Å². The molecule has 0 spiro atoms. The molecular weight excluding hydrogens is 336 g/mol. The highest BCUT2D eigenvalue weighted by atomic mass is 16.5. The number of anilines is 1. The molecular formula is C23H28N2O2. The van der Waals surface area contributed by atoms with Crippen molar-refractivity contribution in [3.8, 4) is 5.75 Å². The molecule has 2 aromatic rings. The fraction of sp³-hybridized carbons (Fsp3) is 0.435. The molecule has 4 heteroatoms. The summed E-state index contributed by atoms with van der Waals surface area (Å²) < 4.78 is 5.81. The van der Waals surface area contributed by atoms with Crippen LogP contribution in [0, 0.1) is 6.92 Å². The van der Waals surface area contributed by atoms with E-state index in [1.165, 1.54) is 41.6 Å². The Balaban J connectivity index is 1.28. The molecule has 0 atom stereocenters. The van der Waals surface area contributed by atoms with Crippen molar-refractivity contribution in [1.29, 1.82) is 0 Å². The van der Waals surface area contributed by atoms with Crippen LogP contribution in [0.2, 0.25) is 0 Å². The molecule has 27 heavy (non-hydrogen) atoms. The standard InChI is InChI=1S/C23H28N2O2/c1-18-5-4-8-21(15-18)24-11-13-25(14-12-24)23(26)17-27-22-10-9-19-6-2-3-7-20(19)16-22/h4-5,8-10,15-16H,2-3,6-7,11-14,17H2,1H3. The predicted octanol–water partition coefficient (Wildman–Crippen LogP) is 3.60. The average molecular weight is 364 g/mol. The zero-order valence-corrected chi connectivity index (χ0v) is 16.1. The molecule has 0 N–H and O–H groups in total. The quantitative estimate of drug-likeness (QED) is 0.831. The lowest BCUT2D eigenvalue weighted by molar-refractivity contribution is -0.133. The third-order valence-corrected chi connectivity index (χ3v) is 5.68. The fourth-order valence-electron chi connectivity index (χ4n) is 4.07. The first-order valence-electron chi connectivity index (χ1n) is 10.0. The van der Waals surface area contributed by atoms with Crippen molar-refractivity contribution in [2.75, 3.05) is 37.7 Å². The van der Waals surface area contributed by atoms with Gasteiger partial charge in [-0.25, -0.2) is 0 Å². The van der Waals surface area contributed by atoms with Gasteiger partial charge in [-0.3, -0.25) is 4.79 Å². The molecule has 0 bridgehead atoms. The van der Waals surface area contributed by atoms with Gasteiger partial charge in [-0.2, -0.15) is 0 Å². The summed E-state index contributed by atoms with van der Waals surface area (Å²) in [4.78, 5) is 16.8. The van der Waals surface area contributed by atoms with E-state index in [0.717, 1.165) is 38.3 Å². The molecule has 1 heterocycles. The highest BCUT2D eigenvalue weighted by Crippen LogP contribution is 2.25. The summed E-state index contributed by atoms with van der Waals surface area (Å²) in [6, 6.07) is 14.8. The van der Waals surface area contributed by atoms with E-state index in [4.69, 9.17) is 4.74 Å². The van der Waals surface area contributed by atoms with Gasteiger partial charge in [-0.15, -0.1) is 0 Å². The molecule has 1 aliphatic heterocycles. The Kier molecular flexibility index (Phi) is 5.33. The van der Waals surface area contributed by atoms with E-state index in [9.17, 15) is 4.79 Å². The van der Waals surface area contributed by atoms with E-state index >= 15 is 0 Å². The Hall–Kier alpha value is -2.49. The fourth-order valence-corrected chi connectivity index (χ4v) is 4.07. The van der Waals surface area contributed by atoms with Crippen LogP contribution in [0.25, 0.3) is 0 Å². The summed E-state index contributed by atoms with van der Waals surface area (Å²) in [5, 5.41) is 0. The third-order valence-electron chi connectivity index (χ3n) is 5.68. The molecule has 0 unspecified atom stereocenters. The first-order valence-corrected chi connectivity index (χ1v) is 10.0. The number of amides is 1. The third kappa shape index (κ3) is 4.26. The molecule has 2 aliphatic rings. The Morgan fingerprint density at radius 1 is 0.963 bits per heavy atom. The zero-order valence-electron chi connectivity index (χ0n) is 16.1. The summed E-state index contributed by atoms with van der Waals surface area (Å²) in [6.45, 7) is 5.48. The summed E-state index contributed by atoms with van der Waals surface area (Å²) in [5.74, 6) is 0.902. The molecule has 142 valence electrons. The number of benzene rings is 2. The van der Waals surface area contributed by atoms with Gasteiger partial charge in [-0.1, -0.05) is 18.2 Å². The monoisotopic (exact) mass is 364 g/mol. The van der Waals surface area contributed by atoms with Gasteiger partial charge in [0.15, 0.2) is 6.61 Å². The Morgan fingerprint density at radius 2 is 1.74 bits per heavy atom. The van der Waals surface area contributed by atoms with Crippen LogP contribution in [0.15, 0.2) is 42.5 Å². The van der Waals surface area contributed by atoms with Crippen LogP contribution in [0.4, 0.5) is 5.69 Å². The Labute approximate surface area is 161 Å². The number of hydrogen-bond acceptors (Lipinski definition) is 3. The van der Waals surface area contributed by atoms with Gasteiger partial charge in [0.25, 0.3) is 5.91 Å². The summed E-state index contributed by atoms with van der Waals surface area (Å²) in [7, 11) is 0. The van der Waals surface area contributed by atoms with Gasteiger partial charge < -0.3 is 14.5 Å².